The van der Waals surface area contributed by atoms with Gasteiger partial charge in [0.15, 0.2) is 0 Å². The molecule has 0 fully saturated rings. The molecular weight excluding hydrogens is 431 g/mol. The van der Waals surface area contributed by atoms with Crippen LogP contribution in [0.4, 0.5) is 0 Å². The lowest BCUT2D eigenvalue weighted by atomic mass is 9.94. The Morgan fingerprint density at radius 1 is 0.969 bits per heavy atom. The Morgan fingerprint density at radius 2 is 1.59 bits per heavy atom. The number of rotatable bonds is 10. The van der Waals surface area contributed by atoms with Crippen molar-refractivity contribution in [1.29, 1.82) is 0 Å². The van der Waals surface area contributed by atoms with Gasteiger partial charge in [0.1, 0.15) is 5.69 Å². The maximum absolute atomic E-state index is 13.0. The largest absolute Gasteiger partial charge is 0.330 e. The van der Waals surface area contributed by atoms with E-state index < -0.39 is 7.60 Å². The van der Waals surface area contributed by atoms with E-state index in [0.717, 1.165) is 5.39 Å². The second kappa shape index (κ2) is 9.32. The molecule has 0 saturated carbocycles. The third-order valence-corrected chi connectivity index (χ3v) is 7.40. The fraction of sp³-hybridized carbons (Fsp3) is 0.364. The van der Waals surface area contributed by atoms with E-state index in [2.05, 4.69) is 10.3 Å². The smallest absolute Gasteiger partial charge is 0.309 e. The van der Waals surface area contributed by atoms with Gasteiger partial charge >= 0.3 is 7.60 Å². The molecule has 0 saturated heterocycles. The quantitative estimate of drug-likeness (QED) is 0.337. The molecule has 1 aliphatic rings. The molecular formula is C22H25N4O5P. The van der Waals surface area contributed by atoms with E-state index in [1.807, 2.05) is 24.3 Å². The van der Waals surface area contributed by atoms with Crippen molar-refractivity contribution in [1.82, 2.24) is 19.9 Å². The average Bonchev–Trinajstić information content (AvgIpc) is 3.22. The van der Waals surface area contributed by atoms with Crippen molar-refractivity contribution in [2.24, 2.45) is 0 Å². The van der Waals surface area contributed by atoms with Crippen LogP contribution in [0, 0.1) is 0 Å². The van der Waals surface area contributed by atoms with E-state index in [-0.39, 0.29) is 24.5 Å². The van der Waals surface area contributed by atoms with Crippen molar-refractivity contribution in [3.63, 3.8) is 0 Å². The number of imide groups is 1. The van der Waals surface area contributed by atoms with Gasteiger partial charge in [0, 0.05) is 23.1 Å². The third-order valence-electron chi connectivity index (χ3n) is 5.23. The number of carbonyl (C=O) groups excluding carboxylic acids is 2. The number of hydrogen-bond donors (Lipinski definition) is 0. The SMILES string of the molecule is CCOP(=O)(CCCn1cc(CN2C(=O)c3cccc4cccc(c34)C2=O)nn1)OCC. The molecule has 9 nitrogen and oxygen atoms in total. The summed E-state index contributed by atoms with van der Waals surface area (Å²) in [5, 5.41) is 9.74. The monoisotopic (exact) mass is 456 g/mol. The molecule has 32 heavy (non-hydrogen) atoms. The van der Waals surface area contributed by atoms with Gasteiger partial charge in [-0.1, -0.05) is 29.5 Å². The van der Waals surface area contributed by atoms with E-state index in [1.165, 1.54) is 4.90 Å². The molecule has 2 aromatic carbocycles. The first-order chi connectivity index (χ1) is 15.5. The summed E-state index contributed by atoms with van der Waals surface area (Å²) in [7, 11) is -3.11. The molecule has 2 amide bonds. The fourth-order valence-electron chi connectivity index (χ4n) is 3.89. The maximum atomic E-state index is 13.0. The van der Waals surface area contributed by atoms with Crippen LogP contribution in [-0.4, -0.2) is 51.1 Å². The Kier molecular flexibility index (Phi) is 6.50. The zero-order valence-electron chi connectivity index (χ0n) is 18.1. The topological polar surface area (TPSA) is 104 Å². The molecule has 0 N–H and O–H groups in total. The van der Waals surface area contributed by atoms with Gasteiger partial charge in [0.2, 0.25) is 0 Å². The van der Waals surface area contributed by atoms with Crippen LogP contribution < -0.4 is 0 Å². The average molecular weight is 456 g/mol. The first-order valence-corrected chi connectivity index (χ1v) is 12.3. The van der Waals surface area contributed by atoms with Crippen LogP contribution in [0.3, 0.4) is 0 Å². The molecule has 4 rings (SSSR count). The second-order valence-electron chi connectivity index (χ2n) is 7.40. The van der Waals surface area contributed by atoms with Gasteiger partial charge in [-0.2, -0.15) is 0 Å². The van der Waals surface area contributed by atoms with Crippen LogP contribution in [0.15, 0.2) is 42.6 Å². The van der Waals surface area contributed by atoms with Crippen molar-refractivity contribution in [3.8, 4) is 0 Å². The molecule has 0 radical (unpaired) electrons. The molecule has 0 bridgehead atoms. The number of amides is 2. The lowest BCUT2D eigenvalue weighted by Gasteiger charge is -2.26. The minimum atomic E-state index is -3.11. The molecule has 0 atom stereocenters. The Morgan fingerprint density at radius 3 is 2.19 bits per heavy atom. The van der Waals surface area contributed by atoms with Crippen LogP contribution in [0.2, 0.25) is 0 Å². The lowest BCUT2D eigenvalue weighted by molar-refractivity contribution is 0.0596. The first kappa shape index (κ1) is 22.3. The van der Waals surface area contributed by atoms with Gasteiger partial charge in [-0.25, -0.2) is 0 Å². The van der Waals surface area contributed by atoms with E-state index in [1.54, 1.807) is 36.9 Å². The Bertz CT molecular complexity index is 1150. The number of carbonyl (C=O) groups is 2. The zero-order valence-corrected chi connectivity index (χ0v) is 19.0. The summed E-state index contributed by atoms with van der Waals surface area (Å²) in [6.45, 7) is 4.67. The highest BCUT2D eigenvalue weighted by Gasteiger charge is 2.33. The summed E-state index contributed by atoms with van der Waals surface area (Å²) in [5.41, 5.74) is 1.51. The van der Waals surface area contributed by atoms with Gasteiger partial charge in [-0.15, -0.1) is 5.10 Å². The van der Waals surface area contributed by atoms with Crippen molar-refractivity contribution >= 4 is 30.2 Å². The normalized spacial score (nSPS) is 13.9. The highest BCUT2D eigenvalue weighted by molar-refractivity contribution is 7.53. The molecule has 0 spiro atoms. The Hall–Kier alpha value is -2.87. The van der Waals surface area contributed by atoms with Crippen LogP contribution >= 0.6 is 7.60 Å². The summed E-state index contributed by atoms with van der Waals surface area (Å²) < 4.78 is 24.7. The molecule has 1 aromatic heterocycles. The van der Waals surface area contributed by atoms with Gasteiger partial charge in [0.25, 0.3) is 11.8 Å². The molecule has 168 valence electrons. The number of benzene rings is 2. The van der Waals surface area contributed by atoms with Gasteiger partial charge in [0.05, 0.1) is 32.1 Å². The summed E-state index contributed by atoms with van der Waals surface area (Å²) in [6.07, 6.45) is 2.48. The molecule has 1 aliphatic heterocycles. The number of hydrogen-bond acceptors (Lipinski definition) is 7. The van der Waals surface area contributed by atoms with Gasteiger partial charge in [-0.3, -0.25) is 23.7 Å². The minimum Gasteiger partial charge on any atom is -0.309 e. The molecule has 3 aromatic rings. The molecule has 10 heteroatoms. The third kappa shape index (κ3) is 4.37. The molecule has 0 aliphatic carbocycles. The summed E-state index contributed by atoms with van der Waals surface area (Å²) >= 11 is 0. The summed E-state index contributed by atoms with van der Waals surface area (Å²) in [6, 6.07) is 10.9. The van der Waals surface area contributed by atoms with E-state index >= 15 is 0 Å². The Labute approximate surface area is 185 Å². The second-order valence-corrected chi connectivity index (χ2v) is 9.59. The predicted molar refractivity (Wildman–Crippen MR) is 119 cm³/mol. The number of aryl methyl sites for hydroxylation is 1. The predicted octanol–water partition coefficient (Wildman–Crippen LogP) is 3.88. The van der Waals surface area contributed by atoms with Crippen LogP contribution in [0.25, 0.3) is 10.8 Å². The van der Waals surface area contributed by atoms with E-state index in [9.17, 15) is 14.2 Å². The van der Waals surface area contributed by atoms with Crippen molar-refractivity contribution < 1.29 is 23.2 Å². The molecule has 0 unspecified atom stereocenters. The van der Waals surface area contributed by atoms with Gasteiger partial charge < -0.3 is 9.05 Å². The zero-order chi connectivity index (χ0) is 22.7. The minimum absolute atomic E-state index is 0.0266. The Balaban J connectivity index is 1.44. The fourth-order valence-corrected chi connectivity index (χ4v) is 5.54. The summed E-state index contributed by atoms with van der Waals surface area (Å²) in [5.74, 6) is -0.688. The van der Waals surface area contributed by atoms with Crippen LogP contribution in [0.1, 0.15) is 46.7 Å². The highest BCUT2D eigenvalue weighted by atomic mass is 31.2. The maximum Gasteiger partial charge on any atom is 0.330 e. The first-order valence-electron chi connectivity index (χ1n) is 10.6. The van der Waals surface area contributed by atoms with Crippen LogP contribution in [-0.2, 0) is 26.7 Å². The highest BCUT2D eigenvalue weighted by Crippen LogP contribution is 2.48. The molecule has 2 heterocycles. The standard InChI is InChI=1S/C22H25N4O5P/c1-3-30-32(29,31-4-2)13-7-12-25-14-17(23-24-25)15-26-21(27)18-10-5-8-16-9-6-11-19(20(16)18)22(26)28/h5-6,8-11,14H,3-4,7,12-13,15H2,1-2H3. The van der Waals surface area contributed by atoms with Crippen molar-refractivity contribution in [2.75, 3.05) is 19.4 Å². The van der Waals surface area contributed by atoms with E-state index in [4.69, 9.17) is 9.05 Å². The number of aromatic nitrogens is 3. The van der Waals surface area contributed by atoms with Crippen LogP contribution in [0.5, 0.6) is 0 Å². The van der Waals surface area contributed by atoms with E-state index in [0.29, 0.717) is 48.4 Å². The van der Waals surface area contributed by atoms with Crippen molar-refractivity contribution in [2.45, 2.75) is 33.4 Å². The lowest BCUT2D eigenvalue weighted by Crippen LogP contribution is -2.39. The van der Waals surface area contributed by atoms with Gasteiger partial charge in [-0.05, 0) is 37.8 Å². The number of nitrogens with zero attached hydrogens (tertiary/aromatic N) is 4. The summed E-state index contributed by atoms with van der Waals surface area (Å²) in [4.78, 5) is 27.2. The van der Waals surface area contributed by atoms with Crippen molar-refractivity contribution in [3.05, 3.63) is 59.4 Å².